The maximum Gasteiger partial charge on any atom is 0.337 e. The molecule has 9 heteroatoms. The summed E-state index contributed by atoms with van der Waals surface area (Å²) < 4.78 is 9.89. The predicted molar refractivity (Wildman–Crippen MR) is 100 cm³/mol. The van der Waals surface area contributed by atoms with Gasteiger partial charge < -0.3 is 9.47 Å². The van der Waals surface area contributed by atoms with Crippen LogP contribution in [0.4, 0.5) is 0 Å². The Balaban J connectivity index is 1.87. The van der Waals surface area contributed by atoms with Crippen LogP contribution in [-0.2, 0) is 9.53 Å². The van der Waals surface area contributed by atoms with Crippen LogP contribution in [0.2, 0.25) is 15.1 Å². The first-order valence-electron chi connectivity index (χ1n) is 7.18. The number of nitrogens with zero attached hydrogens (tertiary/aromatic N) is 1. The van der Waals surface area contributed by atoms with Crippen LogP contribution >= 0.6 is 34.8 Å². The molecule has 0 fully saturated rings. The third-order valence-electron chi connectivity index (χ3n) is 3.05. The second kappa shape index (κ2) is 9.43. The van der Waals surface area contributed by atoms with E-state index < -0.39 is 11.9 Å². The number of ether oxygens (including phenoxy) is 2. The summed E-state index contributed by atoms with van der Waals surface area (Å²) in [5.41, 5.74) is 3.40. The highest BCUT2D eigenvalue weighted by Crippen LogP contribution is 2.35. The van der Waals surface area contributed by atoms with E-state index in [9.17, 15) is 9.59 Å². The number of hydrazone groups is 1. The number of nitrogens with one attached hydrogen (secondary N) is 1. The Kier molecular flexibility index (Phi) is 7.26. The van der Waals surface area contributed by atoms with E-state index >= 15 is 0 Å². The van der Waals surface area contributed by atoms with Gasteiger partial charge in [-0.2, -0.15) is 5.10 Å². The van der Waals surface area contributed by atoms with Crippen molar-refractivity contribution in [1.29, 1.82) is 0 Å². The van der Waals surface area contributed by atoms with Crippen molar-refractivity contribution in [2.45, 2.75) is 0 Å². The molecule has 0 saturated heterocycles. The molecular weight excluding hydrogens is 403 g/mol. The summed E-state index contributed by atoms with van der Waals surface area (Å²) in [5.74, 6) is -0.775. The molecule has 0 saturated carbocycles. The molecule has 2 aromatic carbocycles. The second-order valence-electron chi connectivity index (χ2n) is 4.89. The van der Waals surface area contributed by atoms with Gasteiger partial charge >= 0.3 is 5.97 Å². The van der Waals surface area contributed by atoms with E-state index in [-0.39, 0.29) is 22.4 Å². The third-order valence-corrected chi connectivity index (χ3v) is 3.83. The van der Waals surface area contributed by atoms with E-state index in [0.717, 1.165) is 0 Å². The van der Waals surface area contributed by atoms with E-state index in [1.807, 2.05) is 0 Å². The van der Waals surface area contributed by atoms with Crippen LogP contribution < -0.4 is 10.2 Å². The average Bonchev–Trinajstić information content (AvgIpc) is 2.60. The first-order chi connectivity index (χ1) is 12.4. The number of rotatable bonds is 6. The normalized spacial score (nSPS) is 10.6. The average molecular weight is 416 g/mol. The van der Waals surface area contributed by atoms with E-state index in [4.69, 9.17) is 39.5 Å². The summed E-state index contributed by atoms with van der Waals surface area (Å²) in [6, 6.07) is 9.40. The molecule has 0 unspecified atom stereocenters. The van der Waals surface area contributed by atoms with Crippen LogP contribution in [0, 0.1) is 0 Å². The zero-order valence-corrected chi connectivity index (χ0v) is 15.7. The minimum absolute atomic E-state index is 0.162. The lowest BCUT2D eigenvalue weighted by Crippen LogP contribution is -2.24. The van der Waals surface area contributed by atoms with Crippen molar-refractivity contribution in [3.05, 3.63) is 62.6 Å². The van der Waals surface area contributed by atoms with Gasteiger partial charge in [-0.05, 0) is 29.8 Å². The molecule has 2 aromatic rings. The summed E-state index contributed by atoms with van der Waals surface area (Å²) in [6.07, 6.45) is 1.42. The lowest BCUT2D eigenvalue weighted by molar-refractivity contribution is -0.123. The van der Waals surface area contributed by atoms with Crippen LogP contribution in [0.3, 0.4) is 0 Å². The Bertz CT molecular complexity index is 815. The van der Waals surface area contributed by atoms with Gasteiger partial charge in [0.2, 0.25) is 0 Å². The first-order valence-corrected chi connectivity index (χ1v) is 8.31. The van der Waals surface area contributed by atoms with E-state index in [2.05, 4.69) is 15.3 Å². The lowest BCUT2D eigenvalue weighted by atomic mass is 10.1. The second-order valence-corrected chi connectivity index (χ2v) is 6.14. The van der Waals surface area contributed by atoms with Gasteiger partial charge in [-0.3, -0.25) is 4.79 Å². The summed E-state index contributed by atoms with van der Waals surface area (Å²) in [6.45, 7) is -0.334. The number of amides is 1. The Morgan fingerprint density at radius 3 is 2.31 bits per heavy atom. The Morgan fingerprint density at radius 2 is 1.73 bits per heavy atom. The van der Waals surface area contributed by atoms with Gasteiger partial charge in [0, 0.05) is 5.02 Å². The molecule has 0 bridgehead atoms. The topological polar surface area (TPSA) is 77.0 Å². The fraction of sp³-hybridized carbons (Fsp3) is 0.118. The third kappa shape index (κ3) is 5.62. The maximum absolute atomic E-state index is 11.8. The molecule has 6 nitrogen and oxygen atoms in total. The van der Waals surface area contributed by atoms with Gasteiger partial charge in [0.05, 0.1) is 28.9 Å². The molecule has 0 heterocycles. The standard InChI is InChI=1S/C17H13Cl3N2O4/c1-25-17(24)11-4-2-10(3-5-11)8-21-22-15(23)9-26-16-13(19)6-12(18)7-14(16)20/h2-8H,9H2,1H3,(H,22,23). The van der Waals surface area contributed by atoms with Gasteiger partial charge in [0.25, 0.3) is 5.91 Å². The monoisotopic (exact) mass is 414 g/mol. The minimum atomic E-state index is -0.505. The molecule has 2 rings (SSSR count). The maximum atomic E-state index is 11.8. The van der Waals surface area contributed by atoms with Gasteiger partial charge in [-0.1, -0.05) is 46.9 Å². The van der Waals surface area contributed by atoms with Crippen LogP contribution in [0.15, 0.2) is 41.5 Å². The number of hydrogen-bond donors (Lipinski definition) is 1. The van der Waals surface area contributed by atoms with E-state index in [0.29, 0.717) is 16.1 Å². The van der Waals surface area contributed by atoms with Crippen LogP contribution in [-0.4, -0.2) is 31.8 Å². The number of carbonyl (C=O) groups excluding carboxylic acids is 2. The highest BCUT2D eigenvalue weighted by Gasteiger charge is 2.11. The van der Waals surface area contributed by atoms with Crippen molar-refractivity contribution in [3.8, 4) is 5.75 Å². The summed E-state index contributed by atoms with van der Waals surface area (Å²) in [4.78, 5) is 23.1. The number of methoxy groups -OCH3 is 1. The number of carbonyl (C=O) groups is 2. The minimum Gasteiger partial charge on any atom is -0.481 e. The highest BCUT2D eigenvalue weighted by atomic mass is 35.5. The SMILES string of the molecule is COC(=O)c1ccc(C=NNC(=O)COc2c(Cl)cc(Cl)cc2Cl)cc1. The molecule has 0 radical (unpaired) electrons. The largest absolute Gasteiger partial charge is 0.481 e. The number of benzene rings is 2. The van der Waals surface area contributed by atoms with Crippen LogP contribution in [0.1, 0.15) is 15.9 Å². The summed E-state index contributed by atoms with van der Waals surface area (Å²) >= 11 is 17.7. The summed E-state index contributed by atoms with van der Waals surface area (Å²) in [7, 11) is 1.31. The molecule has 26 heavy (non-hydrogen) atoms. The first kappa shape index (κ1) is 20.0. The molecule has 0 aliphatic rings. The number of esters is 1. The van der Waals surface area contributed by atoms with Crippen molar-refractivity contribution >= 4 is 52.9 Å². The van der Waals surface area contributed by atoms with Crippen molar-refractivity contribution in [2.75, 3.05) is 13.7 Å². The van der Waals surface area contributed by atoms with E-state index in [1.54, 1.807) is 24.3 Å². The van der Waals surface area contributed by atoms with Gasteiger partial charge in [0.15, 0.2) is 12.4 Å². The molecule has 136 valence electrons. The fourth-order valence-corrected chi connectivity index (χ4v) is 2.76. The zero-order valence-electron chi connectivity index (χ0n) is 13.5. The van der Waals surface area contributed by atoms with Gasteiger partial charge in [-0.25, -0.2) is 10.2 Å². The van der Waals surface area contributed by atoms with E-state index in [1.165, 1.54) is 25.5 Å². The summed E-state index contributed by atoms with van der Waals surface area (Å²) in [5, 5.41) is 4.56. The molecular formula is C17H13Cl3N2O4. The Morgan fingerprint density at radius 1 is 1.12 bits per heavy atom. The van der Waals surface area contributed by atoms with Crippen molar-refractivity contribution in [1.82, 2.24) is 5.43 Å². The molecule has 0 aromatic heterocycles. The molecule has 0 aliphatic carbocycles. The zero-order chi connectivity index (χ0) is 19.1. The number of halogens is 3. The van der Waals surface area contributed by atoms with Crippen molar-refractivity contribution in [2.24, 2.45) is 5.10 Å². The van der Waals surface area contributed by atoms with Crippen molar-refractivity contribution < 1.29 is 19.1 Å². The Hall–Kier alpha value is -2.28. The van der Waals surface area contributed by atoms with Crippen LogP contribution in [0.25, 0.3) is 0 Å². The molecule has 1 amide bonds. The van der Waals surface area contributed by atoms with Gasteiger partial charge in [-0.15, -0.1) is 0 Å². The highest BCUT2D eigenvalue weighted by molar-refractivity contribution is 6.40. The number of hydrogen-bond acceptors (Lipinski definition) is 5. The molecule has 0 spiro atoms. The lowest BCUT2D eigenvalue weighted by Gasteiger charge is -2.09. The fourth-order valence-electron chi connectivity index (χ4n) is 1.84. The van der Waals surface area contributed by atoms with Crippen molar-refractivity contribution in [3.63, 3.8) is 0 Å². The molecule has 0 atom stereocenters. The Labute approximate surface area is 164 Å². The predicted octanol–water partition coefficient (Wildman–Crippen LogP) is 3.96. The quantitative estimate of drug-likeness (QED) is 0.440. The van der Waals surface area contributed by atoms with Crippen LogP contribution in [0.5, 0.6) is 5.75 Å². The molecule has 1 N–H and O–H groups in total. The molecule has 0 aliphatic heterocycles. The van der Waals surface area contributed by atoms with Gasteiger partial charge in [0.1, 0.15) is 0 Å². The smallest absolute Gasteiger partial charge is 0.337 e.